The number of phenols is 1. The number of carbonyl (C=O) groups is 1. The van der Waals surface area contributed by atoms with Crippen molar-refractivity contribution in [2.75, 3.05) is 18.4 Å². The zero-order chi connectivity index (χ0) is 13.8. The highest BCUT2D eigenvalue weighted by Crippen LogP contribution is 2.22. The largest absolute Gasteiger partial charge is 0.507 e. The Hall–Kier alpha value is -1.24. The molecule has 0 radical (unpaired) electrons. The van der Waals surface area contributed by atoms with Crippen LogP contribution in [0.1, 0.15) is 10.4 Å². The van der Waals surface area contributed by atoms with Gasteiger partial charge in [0.05, 0.1) is 5.56 Å². The molecule has 0 unspecified atom stereocenters. The number of halogens is 4. The van der Waals surface area contributed by atoms with Crippen molar-refractivity contribution in [2.24, 2.45) is 0 Å². The van der Waals surface area contributed by atoms with Crippen LogP contribution < -0.4 is 0 Å². The average Bonchev–Trinajstić information content (AvgIpc) is 2.26. The van der Waals surface area contributed by atoms with E-state index >= 15 is 0 Å². The van der Waals surface area contributed by atoms with Gasteiger partial charge in [0.1, 0.15) is 12.3 Å². The number of hydrogen-bond acceptors (Lipinski definition) is 2. The predicted molar refractivity (Wildman–Crippen MR) is 63.9 cm³/mol. The molecule has 0 aromatic heterocycles. The van der Waals surface area contributed by atoms with E-state index in [-0.39, 0.29) is 23.2 Å². The normalized spacial score (nSPS) is 11.3. The Morgan fingerprint density at radius 1 is 1.33 bits per heavy atom. The van der Waals surface area contributed by atoms with Crippen molar-refractivity contribution in [2.45, 2.75) is 6.18 Å². The van der Waals surface area contributed by atoms with E-state index in [1.54, 1.807) is 0 Å². The van der Waals surface area contributed by atoms with Crippen molar-refractivity contribution in [3.8, 4) is 5.75 Å². The van der Waals surface area contributed by atoms with Crippen LogP contribution in [0.2, 0.25) is 0 Å². The summed E-state index contributed by atoms with van der Waals surface area (Å²) < 4.78 is 37.0. The molecule has 7 heteroatoms. The first-order valence-electron chi connectivity index (χ1n) is 5.05. The Bertz CT molecular complexity index is 423. The number of rotatable bonds is 4. The molecule has 0 bridgehead atoms. The van der Waals surface area contributed by atoms with Gasteiger partial charge in [-0.1, -0.05) is 28.1 Å². The smallest absolute Gasteiger partial charge is 0.406 e. The predicted octanol–water partition coefficient (Wildman–Crippen LogP) is 2.79. The van der Waals surface area contributed by atoms with Gasteiger partial charge in [0.2, 0.25) is 0 Å². The lowest BCUT2D eigenvalue weighted by atomic mass is 10.1. The second kappa shape index (κ2) is 6.08. The zero-order valence-electron chi connectivity index (χ0n) is 9.25. The van der Waals surface area contributed by atoms with Crippen LogP contribution in [0.5, 0.6) is 5.75 Å². The van der Waals surface area contributed by atoms with Gasteiger partial charge in [0.25, 0.3) is 5.91 Å². The van der Waals surface area contributed by atoms with Crippen molar-refractivity contribution < 1.29 is 23.1 Å². The highest BCUT2D eigenvalue weighted by atomic mass is 79.9. The zero-order valence-corrected chi connectivity index (χ0v) is 10.8. The third-order valence-electron chi connectivity index (χ3n) is 2.15. The van der Waals surface area contributed by atoms with Crippen LogP contribution in [0.4, 0.5) is 13.2 Å². The molecule has 3 nitrogen and oxygen atoms in total. The molecule has 1 amide bonds. The lowest BCUT2D eigenvalue weighted by Gasteiger charge is -2.23. The van der Waals surface area contributed by atoms with Crippen molar-refractivity contribution in [3.05, 3.63) is 29.8 Å². The van der Waals surface area contributed by atoms with E-state index in [0.717, 1.165) is 0 Å². The van der Waals surface area contributed by atoms with E-state index in [9.17, 15) is 23.1 Å². The maximum absolute atomic E-state index is 12.3. The maximum Gasteiger partial charge on any atom is 0.406 e. The number of benzene rings is 1. The number of alkyl halides is 4. The molecule has 0 atom stereocenters. The van der Waals surface area contributed by atoms with E-state index < -0.39 is 18.6 Å². The molecule has 1 aromatic carbocycles. The average molecular weight is 326 g/mol. The van der Waals surface area contributed by atoms with E-state index in [0.29, 0.717) is 4.90 Å². The van der Waals surface area contributed by atoms with Crippen LogP contribution in [0.15, 0.2) is 24.3 Å². The molecular formula is C11H11BrF3NO2. The van der Waals surface area contributed by atoms with Crippen molar-refractivity contribution in [1.29, 1.82) is 0 Å². The summed E-state index contributed by atoms with van der Waals surface area (Å²) in [5.41, 5.74) is -0.136. The van der Waals surface area contributed by atoms with E-state index in [1.165, 1.54) is 24.3 Å². The fourth-order valence-electron chi connectivity index (χ4n) is 1.40. The highest BCUT2D eigenvalue weighted by Gasteiger charge is 2.33. The maximum atomic E-state index is 12.3. The summed E-state index contributed by atoms with van der Waals surface area (Å²) in [6.45, 7) is -1.43. The van der Waals surface area contributed by atoms with Crippen LogP contribution in [0.3, 0.4) is 0 Å². The Balaban J connectivity index is 2.93. The Morgan fingerprint density at radius 3 is 2.44 bits per heavy atom. The summed E-state index contributed by atoms with van der Waals surface area (Å²) in [5, 5.41) is 9.68. The monoisotopic (exact) mass is 325 g/mol. The van der Waals surface area contributed by atoms with Crippen LogP contribution in [0, 0.1) is 0 Å². The number of hydrogen-bond donors (Lipinski definition) is 1. The van der Waals surface area contributed by atoms with Gasteiger partial charge in [0, 0.05) is 11.9 Å². The lowest BCUT2D eigenvalue weighted by Crippen LogP contribution is -2.40. The molecule has 0 aliphatic rings. The number of nitrogens with zero attached hydrogens (tertiary/aromatic N) is 1. The molecule has 100 valence electrons. The molecule has 18 heavy (non-hydrogen) atoms. The third kappa shape index (κ3) is 4.21. The van der Waals surface area contributed by atoms with Gasteiger partial charge in [-0.2, -0.15) is 13.2 Å². The van der Waals surface area contributed by atoms with Gasteiger partial charge in [-0.25, -0.2) is 0 Å². The Morgan fingerprint density at radius 2 is 1.94 bits per heavy atom. The van der Waals surface area contributed by atoms with Crippen molar-refractivity contribution in [1.82, 2.24) is 4.90 Å². The molecule has 0 saturated carbocycles. The van der Waals surface area contributed by atoms with Crippen molar-refractivity contribution >= 4 is 21.8 Å². The molecule has 0 heterocycles. The minimum atomic E-state index is -4.47. The molecule has 0 aliphatic heterocycles. The topological polar surface area (TPSA) is 40.5 Å². The molecule has 1 N–H and O–H groups in total. The van der Waals surface area contributed by atoms with E-state index in [4.69, 9.17) is 0 Å². The summed E-state index contributed by atoms with van der Waals surface area (Å²) in [6, 6.07) is 5.51. The number of aromatic hydroxyl groups is 1. The molecule has 0 fully saturated rings. The third-order valence-corrected chi connectivity index (χ3v) is 2.50. The lowest BCUT2D eigenvalue weighted by molar-refractivity contribution is -0.140. The number of amides is 1. The second-order valence-electron chi connectivity index (χ2n) is 3.55. The molecule has 0 spiro atoms. The highest BCUT2D eigenvalue weighted by molar-refractivity contribution is 9.09. The van der Waals surface area contributed by atoms with Crippen molar-refractivity contribution in [3.63, 3.8) is 0 Å². The van der Waals surface area contributed by atoms with Gasteiger partial charge in [0.15, 0.2) is 0 Å². The van der Waals surface area contributed by atoms with Crippen LogP contribution in [-0.4, -0.2) is 40.5 Å². The number of carbonyl (C=O) groups excluding carboxylic acids is 1. The first-order valence-corrected chi connectivity index (χ1v) is 6.17. The summed E-state index contributed by atoms with van der Waals surface area (Å²) in [6.07, 6.45) is -4.47. The Kier molecular flexibility index (Phi) is 5.01. The van der Waals surface area contributed by atoms with E-state index in [1.807, 2.05) is 0 Å². The second-order valence-corrected chi connectivity index (χ2v) is 4.34. The first kappa shape index (κ1) is 14.8. The standard InChI is InChI=1S/C11H11BrF3NO2/c12-5-6-16(7-11(13,14)15)10(18)8-3-1-2-4-9(8)17/h1-4,17H,5-7H2. The fraction of sp³-hybridized carbons (Fsp3) is 0.364. The Labute approximate surface area is 110 Å². The molecule has 0 saturated heterocycles. The molecular weight excluding hydrogens is 315 g/mol. The first-order chi connectivity index (χ1) is 8.35. The SMILES string of the molecule is O=C(c1ccccc1O)N(CCBr)CC(F)(F)F. The quantitative estimate of drug-likeness (QED) is 0.865. The summed E-state index contributed by atoms with van der Waals surface area (Å²) in [7, 11) is 0. The number of phenolic OH excluding ortho intramolecular Hbond substituents is 1. The fourth-order valence-corrected chi connectivity index (χ4v) is 1.82. The van der Waals surface area contributed by atoms with Crippen LogP contribution in [0.25, 0.3) is 0 Å². The van der Waals surface area contributed by atoms with Gasteiger partial charge >= 0.3 is 6.18 Å². The van der Waals surface area contributed by atoms with Gasteiger partial charge in [-0.05, 0) is 12.1 Å². The minimum Gasteiger partial charge on any atom is -0.507 e. The van der Waals surface area contributed by atoms with Gasteiger partial charge < -0.3 is 10.0 Å². The van der Waals surface area contributed by atoms with Gasteiger partial charge in [-0.3, -0.25) is 4.79 Å². The van der Waals surface area contributed by atoms with E-state index in [2.05, 4.69) is 15.9 Å². The van der Waals surface area contributed by atoms with Crippen LogP contribution in [-0.2, 0) is 0 Å². The molecule has 0 aliphatic carbocycles. The minimum absolute atomic E-state index is 0.0906. The summed E-state index contributed by atoms with van der Waals surface area (Å²) in [5.74, 6) is -1.17. The molecule has 1 aromatic rings. The van der Waals surface area contributed by atoms with Crippen LogP contribution >= 0.6 is 15.9 Å². The summed E-state index contributed by atoms with van der Waals surface area (Å²) >= 11 is 2.99. The van der Waals surface area contributed by atoms with Gasteiger partial charge in [-0.15, -0.1) is 0 Å². The summed E-state index contributed by atoms with van der Waals surface area (Å²) in [4.78, 5) is 12.5. The number of para-hydroxylation sites is 1. The molecule has 1 rings (SSSR count).